The molecule has 3 heteroatoms. The number of benzene rings is 1. The minimum absolute atomic E-state index is 0.253. The SMILES string of the molecule is NC(=O)CSC(c1ccccc1)C1C=CC=CC1. The quantitative estimate of drug-likeness (QED) is 0.883. The van der Waals surface area contributed by atoms with Crippen molar-refractivity contribution >= 4 is 17.7 Å². The predicted molar refractivity (Wildman–Crippen MR) is 77.2 cm³/mol. The van der Waals surface area contributed by atoms with Crippen LogP contribution in [-0.2, 0) is 4.79 Å². The Morgan fingerprint density at radius 1 is 1.33 bits per heavy atom. The summed E-state index contributed by atoms with van der Waals surface area (Å²) in [6.07, 6.45) is 9.55. The van der Waals surface area contributed by atoms with Crippen LogP contribution >= 0.6 is 11.8 Å². The Balaban J connectivity index is 2.14. The van der Waals surface area contributed by atoms with Crippen molar-refractivity contribution in [1.82, 2.24) is 0 Å². The summed E-state index contributed by atoms with van der Waals surface area (Å²) in [7, 11) is 0. The lowest BCUT2D eigenvalue weighted by Gasteiger charge is -2.24. The maximum Gasteiger partial charge on any atom is 0.227 e. The second kappa shape index (κ2) is 6.45. The average molecular weight is 259 g/mol. The zero-order valence-electron chi connectivity index (χ0n) is 10.2. The summed E-state index contributed by atoms with van der Waals surface area (Å²) in [5.74, 6) is 0.547. The van der Waals surface area contributed by atoms with E-state index in [-0.39, 0.29) is 5.91 Å². The fraction of sp³-hybridized carbons (Fsp3) is 0.267. The summed E-state index contributed by atoms with van der Waals surface area (Å²) >= 11 is 1.63. The van der Waals surface area contributed by atoms with E-state index in [2.05, 4.69) is 36.4 Å². The van der Waals surface area contributed by atoms with Crippen molar-refractivity contribution in [3.63, 3.8) is 0 Å². The van der Waals surface area contributed by atoms with Gasteiger partial charge in [-0.1, -0.05) is 54.6 Å². The number of hydrogen-bond acceptors (Lipinski definition) is 2. The van der Waals surface area contributed by atoms with Gasteiger partial charge in [0.05, 0.1) is 5.75 Å². The normalized spacial score (nSPS) is 19.7. The maximum absolute atomic E-state index is 11.0. The molecule has 0 aromatic heterocycles. The highest BCUT2D eigenvalue weighted by atomic mass is 32.2. The number of rotatable bonds is 5. The molecule has 94 valence electrons. The second-order valence-electron chi connectivity index (χ2n) is 4.32. The first kappa shape index (κ1) is 13.0. The molecule has 18 heavy (non-hydrogen) atoms. The number of hydrogen-bond donors (Lipinski definition) is 1. The third-order valence-electron chi connectivity index (χ3n) is 2.94. The minimum Gasteiger partial charge on any atom is -0.369 e. The number of thioether (sulfide) groups is 1. The molecule has 2 unspecified atom stereocenters. The van der Waals surface area contributed by atoms with E-state index in [0.717, 1.165) is 6.42 Å². The molecule has 2 atom stereocenters. The van der Waals surface area contributed by atoms with Gasteiger partial charge in [-0.2, -0.15) is 0 Å². The van der Waals surface area contributed by atoms with E-state index in [0.29, 0.717) is 16.9 Å². The summed E-state index contributed by atoms with van der Waals surface area (Å²) in [6, 6.07) is 10.3. The monoisotopic (exact) mass is 259 g/mol. The molecule has 2 rings (SSSR count). The van der Waals surface area contributed by atoms with E-state index in [4.69, 9.17) is 5.73 Å². The van der Waals surface area contributed by atoms with E-state index in [1.54, 1.807) is 11.8 Å². The smallest absolute Gasteiger partial charge is 0.227 e. The largest absolute Gasteiger partial charge is 0.369 e. The van der Waals surface area contributed by atoms with Crippen LogP contribution in [0.1, 0.15) is 17.2 Å². The average Bonchev–Trinajstić information content (AvgIpc) is 2.41. The molecule has 0 radical (unpaired) electrons. The Hall–Kier alpha value is -1.48. The molecule has 0 saturated heterocycles. The van der Waals surface area contributed by atoms with Gasteiger partial charge in [-0.25, -0.2) is 0 Å². The van der Waals surface area contributed by atoms with Crippen LogP contribution < -0.4 is 5.73 Å². The number of nitrogens with two attached hydrogens (primary N) is 1. The lowest BCUT2D eigenvalue weighted by Crippen LogP contribution is -2.17. The minimum atomic E-state index is -0.253. The number of carbonyl (C=O) groups excluding carboxylic acids is 1. The summed E-state index contributed by atoms with van der Waals surface area (Å²) < 4.78 is 0. The number of carbonyl (C=O) groups is 1. The Kier molecular flexibility index (Phi) is 4.65. The van der Waals surface area contributed by atoms with Gasteiger partial charge in [0.2, 0.25) is 5.91 Å². The Morgan fingerprint density at radius 3 is 2.72 bits per heavy atom. The molecule has 0 fully saturated rings. The van der Waals surface area contributed by atoms with Gasteiger partial charge < -0.3 is 5.73 Å². The van der Waals surface area contributed by atoms with Crippen molar-refractivity contribution in [2.24, 2.45) is 11.7 Å². The second-order valence-corrected chi connectivity index (χ2v) is 5.45. The van der Waals surface area contributed by atoms with E-state index in [1.807, 2.05) is 18.2 Å². The van der Waals surface area contributed by atoms with Gasteiger partial charge in [-0.05, 0) is 17.9 Å². The van der Waals surface area contributed by atoms with Crippen molar-refractivity contribution in [2.75, 3.05) is 5.75 Å². The van der Waals surface area contributed by atoms with Crippen LogP contribution in [0.5, 0.6) is 0 Å². The fourth-order valence-electron chi connectivity index (χ4n) is 2.11. The summed E-state index contributed by atoms with van der Waals surface area (Å²) in [6.45, 7) is 0. The zero-order chi connectivity index (χ0) is 12.8. The molecule has 1 aromatic carbocycles. The van der Waals surface area contributed by atoms with Gasteiger partial charge in [0.15, 0.2) is 0 Å². The number of allylic oxidation sites excluding steroid dienone is 4. The first-order chi connectivity index (χ1) is 8.77. The van der Waals surface area contributed by atoms with Gasteiger partial charge in [0.25, 0.3) is 0 Å². The summed E-state index contributed by atoms with van der Waals surface area (Å²) in [5, 5.41) is 0.292. The van der Waals surface area contributed by atoms with Crippen molar-refractivity contribution in [2.45, 2.75) is 11.7 Å². The topological polar surface area (TPSA) is 43.1 Å². The Morgan fingerprint density at radius 2 is 2.11 bits per heavy atom. The van der Waals surface area contributed by atoms with E-state index < -0.39 is 0 Å². The van der Waals surface area contributed by atoms with Gasteiger partial charge in [-0.3, -0.25) is 4.79 Å². The van der Waals surface area contributed by atoms with Crippen LogP contribution in [0.4, 0.5) is 0 Å². The van der Waals surface area contributed by atoms with E-state index in [1.165, 1.54) is 5.56 Å². The molecule has 0 bridgehead atoms. The van der Waals surface area contributed by atoms with Crippen molar-refractivity contribution in [3.05, 3.63) is 60.2 Å². The Labute approximate surface area is 112 Å². The Bertz CT molecular complexity index is 453. The van der Waals surface area contributed by atoms with Crippen molar-refractivity contribution in [3.8, 4) is 0 Å². The van der Waals surface area contributed by atoms with E-state index >= 15 is 0 Å². The lowest BCUT2D eigenvalue weighted by atomic mass is 9.92. The maximum atomic E-state index is 11.0. The highest BCUT2D eigenvalue weighted by Gasteiger charge is 2.22. The van der Waals surface area contributed by atoms with Crippen LogP contribution in [-0.4, -0.2) is 11.7 Å². The van der Waals surface area contributed by atoms with Crippen molar-refractivity contribution < 1.29 is 4.79 Å². The molecule has 0 aliphatic heterocycles. The van der Waals surface area contributed by atoms with Crippen LogP contribution in [0.25, 0.3) is 0 Å². The lowest BCUT2D eigenvalue weighted by molar-refractivity contribution is -0.115. The number of primary amides is 1. The van der Waals surface area contributed by atoms with Crippen LogP contribution in [0.3, 0.4) is 0 Å². The molecule has 1 amide bonds. The molecule has 0 saturated carbocycles. The van der Waals surface area contributed by atoms with Crippen LogP contribution in [0.15, 0.2) is 54.6 Å². The third kappa shape index (κ3) is 3.50. The van der Waals surface area contributed by atoms with Crippen molar-refractivity contribution in [1.29, 1.82) is 0 Å². The zero-order valence-corrected chi connectivity index (χ0v) is 11.0. The molecule has 2 N–H and O–H groups in total. The summed E-state index contributed by atoms with van der Waals surface area (Å²) in [4.78, 5) is 11.0. The summed E-state index contributed by atoms with van der Waals surface area (Å²) in [5.41, 5.74) is 6.51. The molecule has 1 aromatic rings. The van der Waals surface area contributed by atoms with Gasteiger partial charge in [0, 0.05) is 5.25 Å². The van der Waals surface area contributed by atoms with E-state index in [9.17, 15) is 4.79 Å². The molecular weight excluding hydrogens is 242 g/mol. The van der Waals surface area contributed by atoms with Gasteiger partial charge >= 0.3 is 0 Å². The molecule has 1 aliphatic rings. The molecule has 2 nitrogen and oxygen atoms in total. The fourth-order valence-corrected chi connectivity index (χ4v) is 3.25. The first-order valence-corrected chi connectivity index (χ1v) is 7.10. The molecular formula is C15H17NOS. The highest BCUT2D eigenvalue weighted by Crippen LogP contribution is 2.39. The van der Waals surface area contributed by atoms with Gasteiger partial charge in [-0.15, -0.1) is 11.8 Å². The standard InChI is InChI=1S/C15H17NOS/c16-14(17)11-18-15(12-7-3-1-4-8-12)13-9-5-2-6-10-13/h1-9,13,15H,10-11H2,(H2,16,17). The third-order valence-corrected chi connectivity index (χ3v) is 4.37. The predicted octanol–water partition coefficient (Wildman–Crippen LogP) is 3.08. The van der Waals surface area contributed by atoms with Crippen LogP contribution in [0.2, 0.25) is 0 Å². The van der Waals surface area contributed by atoms with Gasteiger partial charge in [0.1, 0.15) is 0 Å². The first-order valence-electron chi connectivity index (χ1n) is 6.05. The number of amides is 1. The molecule has 0 spiro atoms. The van der Waals surface area contributed by atoms with Crippen LogP contribution in [0, 0.1) is 5.92 Å². The highest BCUT2D eigenvalue weighted by molar-refractivity contribution is 8.00. The molecule has 1 aliphatic carbocycles. The molecule has 0 heterocycles.